The summed E-state index contributed by atoms with van der Waals surface area (Å²) in [5.41, 5.74) is -0.980. The highest BCUT2D eigenvalue weighted by molar-refractivity contribution is 7.82. The van der Waals surface area contributed by atoms with Crippen LogP contribution < -0.4 is 10.6 Å². The second-order valence-electron chi connectivity index (χ2n) is 13.3. The van der Waals surface area contributed by atoms with Gasteiger partial charge in [0.25, 0.3) is 0 Å². The highest BCUT2D eigenvalue weighted by atomic mass is 32.2. The number of rotatable bonds is 9. The van der Waals surface area contributed by atoms with Crippen molar-refractivity contribution in [3.63, 3.8) is 0 Å². The maximum atomic E-state index is 13.8. The SMILES string of the molecule is O=C1CCC(N2CCN(Cc3cccc(S(=O)N4CCC(Nc5ncc(C(F)(F)F)c(-c6cnn(CC(F)(F)F)c6)n5)CC4)c3)C3CC32)C(=O)N1. The van der Waals surface area contributed by atoms with Gasteiger partial charge in [-0.15, -0.1) is 0 Å². The molecule has 1 saturated carbocycles. The molecular weight excluding hydrogens is 704 g/mol. The molecule has 19 heteroatoms. The number of halogens is 6. The van der Waals surface area contributed by atoms with Crippen LogP contribution in [-0.4, -0.2) is 106 Å². The third-order valence-corrected chi connectivity index (χ3v) is 11.2. The number of hydrogen-bond donors (Lipinski definition) is 2. The molecule has 274 valence electrons. The van der Waals surface area contributed by atoms with Crippen molar-refractivity contribution in [3.8, 4) is 11.3 Å². The summed E-state index contributed by atoms with van der Waals surface area (Å²) in [5.74, 6) is -0.538. The van der Waals surface area contributed by atoms with Gasteiger partial charge < -0.3 is 5.32 Å². The number of hydrogen-bond acceptors (Lipinski definition) is 9. The summed E-state index contributed by atoms with van der Waals surface area (Å²) in [5, 5.41) is 9.04. The third-order valence-electron chi connectivity index (χ3n) is 9.72. The highest BCUT2D eigenvalue weighted by Gasteiger charge is 2.52. The Balaban J connectivity index is 0.940. The topological polar surface area (TPSA) is 129 Å². The van der Waals surface area contributed by atoms with Crippen molar-refractivity contribution in [1.29, 1.82) is 0 Å². The quantitative estimate of drug-likeness (QED) is 0.250. The molecule has 1 aliphatic carbocycles. The third kappa shape index (κ3) is 8.10. The minimum atomic E-state index is -4.85. The van der Waals surface area contributed by atoms with Gasteiger partial charge in [-0.05, 0) is 43.4 Å². The van der Waals surface area contributed by atoms with Gasteiger partial charge in [0, 0.05) is 75.2 Å². The number of carbonyl (C=O) groups is 2. The fourth-order valence-electron chi connectivity index (χ4n) is 7.19. The zero-order chi connectivity index (χ0) is 36.1. The van der Waals surface area contributed by atoms with Gasteiger partial charge in [-0.25, -0.2) is 18.5 Å². The summed E-state index contributed by atoms with van der Waals surface area (Å²) in [6, 6.07) is 7.73. The lowest BCUT2D eigenvalue weighted by Crippen LogP contribution is -2.57. The Kier molecular flexibility index (Phi) is 9.66. The maximum Gasteiger partial charge on any atom is 0.419 e. The van der Waals surface area contributed by atoms with E-state index in [1.165, 1.54) is 0 Å². The van der Waals surface area contributed by atoms with Crippen molar-refractivity contribution in [2.24, 2.45) is 0 Å². The number of fused-ring (bicyclic) bond motifs is 1. The molecule has 4 aliphatic rings. The Hall–Kier alpha value is -3.94. The summed E-state index contributed by atoms with van der Waals surface area (Å²) in [6.07, 6.45) is -4.23. The fraction of sp³-hybridized carbons (Fsp3) is 0.531. The minimum Gasteiger partial charge on any atom is -0.351 e. The first-order valence-electron chi connectivity index (χ1n) is 16.6. The van der Waals surface area contributed by atoms with Crippen molar-refractivity contribution in [3.05, 3.63) is 54.0 Å². The van der Waals surface area contributed by atoms with E-state index in [1.54, 1.807) is 0 Å². The molecule has 1 aromatic carbocycles. The van der Waals surface area contributed by atoms with Crippen molar-refractivity contribution in [1.82, 2.24) is 39.2 Å². The smallest absolute Gasteiger partial charge is 0.351 e. The van der Waals surface area contributed by atoms with Crippen LogP contribution in [0.15, 0.2) is 47.8 Å². The van der Waals surface area contributed by atoms with Crippen molar-refractivity contribution < 1.29 is 40.1 Å². The second kappa shape index (κ2) is 13.9. The molecule has 2 amide bonds. The summed E-state index contributed by atoms with van der Waals surface area (Å²) >= 11 is 0. The summed E-state index contributed by atoms with van der Waals surface area (Å²) in [6.45, 7) is 1.59. The maximum absolute atomic E-state index is 13.8. The van der Waals surface area contributed by atoms with Crippen LogP contribution in [0.4, 0.5) is 32.3 Å². The number of benzene rings is 1. The highest BCUT2D eigenvalue weighted by Crippen LogP contribution is 2.40. The Morgan fingerprint density at radius 1 is 0.980 bits per heavy atom. The molecule has 4 fully saturated rings. The van der Waals surface area contributed by atoms with Crippen LogP contribution >= 0.6 is 0 Å². The standard InChI is InChI=1S/C32H35F6N9O3S/c33-31(34,35)18-45-17-20(14-40-45)28-23(32(36,37)38)15-39-30(43-28)41-21-6-8-46(9-7-21)51(50)22-3-1-2-19(12-22)16-44-10-11-47(26-13-25(26)44)24-4-5-27(48)42-29(24)49/h1-3,12,14-15,17,21,24-26H,4-11,13,16,18H2,(H,39,41,43)(H,42,48,49). The number of anilines is 1. The molecule has 2 N–H and O–H groups in total. The first-order valence-corrected chi connectivity index (χ1v) is 17.7. The molecule has 3 aliphatic heterocycles. The first-order chi connectivity index (χ1) is 24.2. The predicted molar refractivity (Wildman–Crippen MR) is 171 cm³/mol. The number of piperazine rings is 1. The number of piperidine rings is 2. The van der Waals surface area contributed by atoms with Crippen LogP contribution in [-0.2, 0) is 39.8 Å². The van der Waals surface area contributed by atoms with E-state index in [9.17, 15) is 40.1 Å². The normalized spacial score (nSPS) is 24.6. The monoisotopic (exact) mass is 739 g/mol. The van der Waals surface area contributed by atoms with Crippen LogP contribution in [0, 0.1) is 0 Å². The van der Waals surface area contributed by atoms with E-state index in [-0.39, 0.29) is 41.5 Å². The van der Waals surface area contributed by atoms with E-state index < -0.39 is 41.1 Å². The number of nitrogens with zero attached hydrogens (tertiary/aromatic N) is 7. The Morgan fingerprint density at radius 3 is 2.49 bits per heavy atom. The molecule has 7 rings (SSSR count). The zero-order valence-corrected chi connectivity index (χ0v) is 28.0. The fourth-order valence-corrected chi connectivity index (χ4v) is 8.48. The van der Waals surface area contributed by atoms with Crippen LogP contribution in [0.5, 0.6) is 0 Å². The van der Waals surface area contributed by atoms with Gasteiger partial charge in [-0.1, -0.05) is 12.1 Å². The number of alkyl halides is 6. The van der Waals surface area contributed by atoms with Gasteiger partial charge in [0.1, 0.15) is 23.1 Å². The van der Waals surface area contributed by atoms with Gasteiger partial charge in [-0.3, -0.25) is 29.4 Å². The van der Waals surface area contributed by atoms with E-state index >= 15 is 0 Å². The van der Waals surface area contributed by atoms with Crippen LogP contribution in [0.1, 0.15) is 43.2 Å². The molecule has 4 atom stereocenters. The average molecular weight is 740 g/mol. The van der Waals surface area contributed by atoms with Crippen molar-refractivity contribution in [2.75, 3.05) is 31.5 Å². The molecule has 2 aromatic heterocycles. The molecule has 3 aromatic rings. The van der Waals surface area contributed by atoms with Crippen LogP contribution in [0.25, 0.3) is 11.3 Å². The van der Waals surface area contributed by atoms with Gasteiger partial charge in [0.05, 0.1) is 22.8 Å². The van der Waals surface area contributed by atoms with Gasteiger partial charge in [-0.2, -0.15) is 31.4 Å². The van der Waals surface area contributed by atoms with E-state index in [1.807, 2.05) is 28.6 Å². The Morgan fingerprint density at radius 2 is 1.76 bits per heavy atom. The Labute approximate surface area is 291 Å². The minimum absolute atomic E-state index is 0.107. The van der Waals surface area contributed by atoms with Gasteiger partial charge in [0.2, 0.25) is 17.8 Å². The van der Waals surface area contributed by atoms with Crippen molar-refractivity contribution >= 4 is 28.7 Å². The average Bonchev–Trinajstić information content (AvgIpc) is 3.76. The van der Waals surface area contributed by atoms with E-state index in [0.717, 1.165) is 37.5 Å². The van der Waals surface area contributed by atoms with Crippen LogP contribution in [0.2, 0.25) is 0 Å². The number of nitrogens with one attached hydrogen (secondary N) is 2. The Bertz CT molecular complexity index is 1810. The lowest BCUT2D eigenvalue weighted by atomic mass is 10.0. The largest absolute Gasteiger partial charge is 0.419 e. The summed E-state index contributed by atoms with van der Waals surface area (Å²) in [7, 11) is -1.45. The summed E-state index contributed by atoms with van der Waals surface area (Å²) < 4.78 is 95.6. The molecule has 12 nitrogen and oxygen atoms in total. The van der Waals surface area contributed by atoms with E-state index in [2.05, 4.69) is 35.5 Å². The number of amides is 2. The molecule has 0 radical (unpaired) electrons. The molecule has 51 heavy (non-hydrogen) atoms. The van der Waals surface area contributed by atoms with Gasteiger partial charge >= 0.3 is 12.4 Å². The predicted octanol–water partition coefficient (Wildman–Crippen LogP) is 3.58. The molecular formula is C32H35F6N9O3S. The molecule has 0 spiro atoms. The van der Waals surface area contributed by atoms with E-state index in [4.69, 9.17) is 0 Å². The van der Waals surface area contributed by atoms with Crippen molar-refractivity contribution in [2.45, 2.75) is 86.6 Å². The molecule has 4 unspecified atom stereocenters. The summed E-state index contributed by atoms with van der Waals surface area (Å²) in [4.78, 5) is 37.1. The van der Waals surface area contributed by atoms with E-state index in [0.29, 0.717) is 67.1 Å². The second-order valence-corrected chi connectivity index (χ2v) is 14.8. The first kappa shape index (κ1) is 35.5. The number of carbonyl (C=O) groups excluding carboxylic acids is 2. The van der Waals surface area contributed by atoms with Gasteiger partial charge in [0.15, 0.2) is 0 Å². The lowest BCUT2D eigenvalue weighted by Gasteiger charge is -2.39. The molecule has 0 bridgehead atoms. The molecule has 5 heterocycles. The van der Waals surface area contributed by atoms with Crippen LogP contribution in [0.3, 0.4) is 0 Å². The zero-order valence-electron chi connectivity index (χ0n) is 27.2. The number of imide groups is 1. The lowest BCUT2D eigenvalue weighted by molar-refractivity contribution is -0.143. The molecule has 3 saturated heterocycles. The number of aromatic nitrogens is 4.